The summed E-state index contributed by atoms with van der Waals surface area (Å²) in [5.74, 6) is -1.72. The van der Waals surface area contributed by atoms with Gasteiger partial charge in [-0.25, -0.2) is 4.79 Å². The topological polar surface area (TPSA) is 133 Å². The number of nitrogens with zero attached hydrogens (tertiary/aromatic N) is 3. The summed E-state index contributed by atoms with van der Waals surface area (Å²) in [4.78, 5) is 49.3. The molecule has 0 fully saturated rings. The molecule has 15 heteroatoms. The number of esters is 1. The number of thiophene rings is 1. The van der Waals surface area contributed by atoms with Crippen molar-refractivity contribution < 1.29 is 32.4 Å². The monoisotopic (exact) mass is 566 g/mol. The lowest BCUT2D eigenvalue weighted by Gasteiger charge is -2.11. The van der Waals surface area contributed by atoms with Crippen molar-refractivity contribution in [3.8, 4) is 5.69 Å². The Balaban J connectivity index is 1.85. The van der Waals surface area contributed by atoms with Crippen LogP contribution >= 0.6 is 22.9 Å². The predicted molar refractivity (Wildman–Crippen MR) is 132 cm³/mol. The van der Waals surface area contributed by atoms with Gasteiger partial charge in [0.05, 0.1) is 28.2 Å². The van der Waals surface area contributed by atoms with Crippen molar-refractivity contribution in [2.45, 2.75) is 13.1 Å². The second-order valence-electron chi connectivity index (χ2n) is 7.56. The molecule has 4 rings (SSSR count). The highest BCUT2D eigenvalue weighted by Gasteiger charge is 2.30. The highest BCUT2D eigenvalue weighted by atomic mass is 35.5. The van der Waals surface area contributed by atoms with Crippen molar-refractivity contribution in [3.63, 3.8) is 0 Å². The lowest BCUT2D eigenvalue weighted by atomic mass is 10.1. The van der Waals surface area contributed by atoms with Crippen LogP contribution in [0.1, 0.15) is 33.3 Å². The minimum atomic E-state index is -4.61. The molecule has 0 radical (unpaired) electrons. The second kappa shape index (κ2) is 10.2. The Morgan fingerprint density at radius 3 is 2.50 bits per heavy atom. The van der Waals surface area contributed by atoms with E-state index in [0.29, 0.717) is 0 Å². The fraction of sp³-hybridized carbons (Fsp3) is 0.130. The van der Waals surface area contributed by atoms with E-state index in [2.05, 4.69) is 10.4 Å². The molecule has 0 spiro atoms. The molecule has 0 atom stereocenters. The van der Waals surface area contributed by atoms with Gasteiger partial charge in [-0.1, -0.05) is 11.6 Å². The van der Waals surface area contributed by atoms with Crippen LogP contribution in [0.5, 0.6) is 0 Å². The van der Waals surface area contributed by atoms with Crippen LogP contribution in [0.4, 0.5) is 23.9 Å². The van der Waals surface area contributed by atoms with E-state index in [1.54, 1.807) is 6.92 Å². The molecule has 0 aliphatic heterocycles. The largest absolute Gasteiger partial charge is 0.461 e. The molecule has 0 bridgehead atoms. The number of benzene rings is 2. The molecule has 2 aromatic heterocycles. The highest BCUT2D eigenvalue weighted by molar-refractivity contribution is 7.16. The molecule has 196 valence electrons. The number of hydrogen-bond donors (Lipinski definition) is 1. The summed E-state index contributed by atoms with van der Waals surface area (Å²) in [6.07, 6.45) is -4.61. The number of aromatic nitrogens is 2. The van der Waals surface area contributed by atoms with Gasteiger partial charge >= 0.3 is 12.1 Å². The summed E-state index contributed by atoms with van der Waals surface area (Å²) in [6, 6.07) is 6.89. The first-order chi connectivity index (χ1) is 17.9. The SMILES string of the molecule is CCOC(=O)c1nn(-c2ccc(C(F)(F)F)cc2)c(=O)c2c(NC(=O)c3ccc(Cl)c([N+](=O)[O-])c3)scc12. The summed E-state index contributed by atoms with van der Waals surface area (Å²) in [5, 5.41) is 18.7. The highest BCUT2D eigenvalue weighted by Crippen LogP contribution is 2.33. The lowest BCUT2D eigenvalue weighted by molar-refractivity contribution is -0.384. The number of anilines is 1. The predicted octanol–water partition coefficient (Wildman–Crippen LogP) is 5.46. The number of ether oxygens (including phenoxy) is 1. The maximum absolute atomic E-state index is 13.4. The van der Waals surface area contributed by atoms with Crippen molar-refractivity contribution in [2.75, 3.05) is 11.9 Å². The molecule has 10 nitrogen and oxygen atoms in total. The Bertz CT molecular complexity index is 1650. The van der Waals surface area contributed by atoms with Crippen molar-refractivity contribution in [3.05, 3.63) is 90.2 Å². The number of carbonyl (C=O) groups excluding carboxylic acids is 2. The van der Waals surface area contributed by atoms with Gasteiger partial charge in [-0.3, -0.25) is 19.7 Å². The summed E-state index contributed by atoms with van der Waals surface area (Å²) in [7, 11) is 0. The number of carbonyl (C=O) groups is 2. The molecular weight excluding hydrogens is 553 g/mol. The number of nitrogens with one attached hydrogen (secondary N) is 1. The van der Waals surface area contributed by atoms with Crippen molar-refractivity contribution in [1.82, 2.24) is 9.78 Å². The van der Waals surface area contributed by atoms with Crippen molar-refractivity contribution >= 4 is 56.3 Å². The molecule has 1 amide bonds. The van der Waals surface area contributed by atoms with Gasteiger partial charge in [0, 0.05) is 22.4 Å². The molecule has 0 saturated carbocycles. The summed E-state index contributed by atoms with van der Waals surface area (Å²) >= 11 is 6.66. The number of alkyl halides is 3. The second-order valence-corrected chi connectivity index (χ2v) is 8.85. The zero-order valence-electron chi connectivity index (χ0n) is 19.0. The van der Waals surface area contributed by atoms with Gasteiger partial charge in [0.25, 0.3) is 17.2 Å². The average molecular weight is 567 g/mol. The van der Waals surface area contributed by atoms with Crippen molar-refractivity contribution in [1.29, 1.82) is 0 Å². The molecule has 0 unspecified atom stereocenters. The first-order valence-electron chi connectivity index (χ1n) is 10.6. The summed E-state index contributed by atoms with van der Waals surface area (Å²) in [5.41, 5.74) is -2.82. The average Bonchev–Trinajstić information content (AvgIpc) is 3.28. The molecule has 0 aliphatic carbocycles. The number of amides is 1. The van der Waals surface area contributed by atoms with Gasteiger partial charge in [-0.15, -0.1) is 11.3 Å². The van der Waals surface area contributed by atoms with Crippen LogP contribution < -0.4 is 10.9 Å². The van der Waals surface area contributed by atoms with Crippen LogP contribution in [0.25, 0.3) is 16.5 Å². The Morgan fingerprint density at radius 1 is 1.21 bits per heavy atom. The van der Waals surface area contributed by atoms with E-state index < -0.39 is 39.8 Å². The third-order valence-corrected chi connectivity index (χ3v) is 6.41. The van der Waals surface area contributed by atoms with E-state index in [0.717, 1.165) is 46.4 Å². The zero-order valence-corrected chi connectivity index (χ0v) is 20.6. The van der Waals surface area contributed by atoms with E-state index in [1.165, 1.54) is 17.5 Å². The molecule has 38 heavy (non-hydrogen) atoms. The molecule has 0 aliphatic rings. The van der Waals surface area contributed by atoms with Crippen LogP contribution in [0.2, 0.25) is 5.02 Å². The maximum atomic E-state index is 13.4. The maximum Gasteiger partial charge on any atom is 0.416 e. The van der Waals surface area contributed by atoms with Crippen LogP contribution in [0.3, 0.4) is 0 Å². The van der Waals surface area contributed by atoms with Crippen LogP contribution in [0.15, 0.2) is 52.6 Å². The van der Waals surface area contributed by atoms with Crippen molar-refractivity contribution in [2.24, 2.45) is 0 Å². The standard InChI is InChI=1S/C23H14ClF3N4O6S/c1-2-37-22(34)18-14-10-38-20(28-19(32)11-3-8-15(24)16(9-11)31(35)36)17(14)21(33)30(29-18)13-6-4-12(5-7-13)23(25,26)27/h3-10H,2H2,1H3,(H,28,32). The number of nitro groups is 1. The first-order valence-corrected chi connectivity index (χ1v) is 11.8. The third kappa shape index (κ3) is 5.08. The summed E-state index contributed by atoms with van der Waals surface area (Å²) < 4.78 is 44.7. The Morgan fingerprint density at radius 2 is 1.89 bits per heavy atom. The van der Waals surface area contributed by atoms with Gasteiger partial charge in [0.15, 0.2) is 5.69 Å². The number of hydrogen-bond acceptors (Lipinski definition) is 8. The number of halogens is 4. The lowest BCUT2D eigenvalue weighted by Crippen LogP contribution is -2.25. The smallest absolute Gasteiger partial charge is 0.416 e. The molecule has 2 heterocycles. The molecular formula is C23H14ClF3N4O6S. The van der Waals surface area contributed by atoms with E-state index in [4.69, 9.17) is 16.3 Å². The third-order valence-electron chi connectivity index (χ3n) is 5.19. The summed E-state index contributed by atoms with van der Waals surface area (Å²) in [6.45, 7) is 1.52. The Labute approximate surface area is 219 Å². The molecule has 2 aromatic carbocycles. The van der Waals surface area contributed by atoms with Crippen LogP contribution in [0, 0.1) is 10.1 Å². The Hall–Kier alpha value is -4.30. The fourth-order valence-corrected chi connectivity index (χ4v) is 4.55. The fourth-order valence-electron chi connectivity index (χ4n) is 3.43. The van der Waals surface area contributed by atoms with E-state index >= 15 is 0 Å². The molecule has 4 aromatic rings. The number of fused-ring (bicyclic) bond motifs is 1. The van der Waals surface area contributed by atoms with Crippen LogP contribution in [-0.2, 0) is 10.9 Å². The zero-order chi connectivity index (χ0) is 27.8. The van der Waals surface area contributed by atoms with E-state index in [9.17, 15) is 37.7 Å². The quantitative estimate of drug-likeness (QED) is 0.186. The Kier molecular flexibility index (Phi) is 7.20. The minimum Gasteiger partial charge on any atom is -0.461 e. The van der Waals surface area contributed by atoms with E-state index in [-0.39, 0.29) is 44.3 Å². The number of rotatable bonds is 6. The van der Waals surface area contributed by atoms with Gasteiger partial charge in [-0.05, 0) is 43.3 Å². The van der Waals surface area contributed by atoms with Crippen LogP contribution in [-0.4, -0.2) is 33.2 Å². The van der Waals surface area contributed by atoms with Gasteiger partial charge in [0.2, 0.25) is 0 Å². The van der Waals surface area contributed by atoms with E-state index in [1.807, 2.05) is 0 Å². The molecule has 1 N–H and O–H groups in total. The van der Waals surface area contributed by atoms with Gasteiger partial charge in [-0.2, -0.15) is 23.0 Å². The van der Waals surface area contributed by atoms with Gasteiger partial charge < -0.3 is 10.1 Å². The first kappa shape index (κ1) is 26.8. The number of nitro benzene ring substituents is 1. The molecule has 0 saturated heterocycles. The van der Waals surface area contributed by atoms with Gasteiger partial charge in [0.1, 0.15) is 10.0 Å². The normalized spacial score (nSPS) is 11.4. The minimum absolute atomic E-state index is 0.0233.